The molecule has 0 unspecified atom stereocenters. The predicted octanol–water partition coefficient (Wildman–Crippen LogP) is 3.92. The lowest BCUT2D eigenvalue weighted by Gasteiger charge is -2.37. The first-order valence-electron chi connectivity index (χ1n) is 11.0. The number of nitrogens with zero attached hydrogens (tertiary/aromatic N) is 4. The number of likely N-dealkylation sites (N-methyl/N-ethyl adjacent to an activating group) is 1. The van der Waals surface area contributed by atoms with E-state index >= 15 is 0 Å². The van der Waals surface area contributed by atoms with E-state index in [1.165, 1.54) is 5.56 Å². The van der Waals surface area contributed by atoms with Crippen molar-refractivity contribution in [3.8, 4) is 0 Å². The minimum absolute atomic E-state index is 0.151. The quantitative estimate of drug-likeness (QED) is 0.581. The molecule has 3 heterocycles. The Bertz CT molecular complexity index is 1050. The van der Waals surface area contributed by atoms with E-state index in [0.29, 0.717) is 12.5 Å². The van der Waals surface area contributed by atoms with Crippen molar-refractivity contribution in [3.05, 3.63) is 64.1 Å². The molecule has 166 valence electrons. The standard InChI is InChI=1S/C24H32ClN5O/c1-5-29-22(18-6-8-21(25)9-7-18)19(11-24(29,4)15-31)12-26-13-20-14-27-30-17(3)10-16(2)28-23(20)30/h6-10,14,19,22,26,31H,5,11-13,15H2,1-4H3/t19-,22+,24+/m0/s1. The number of hydrogen-bond acceptors (Lipinski definition) is 5. The van der Waals surface area contributed by atoms with E-state index in [-0.39, 0.29) is 18.2 Å². The van der Waals surface area contributed by atoms with Gasteiger partial charge in [0.2, 0.25) is 0 Å². The molecule has 1 aromatic carbocycles. The van der Waals surface area contributed by atoms with Crippen LogP contribution >= 0.6 is 11.6 Å². The van der Waals surface area contributed by atoms with E-state index in [1.807, 2.05) is 35.8 Å². The van der Waals surface area contributed by atoms with Crippen LogP contribution in [0.25, 0.3) is 5.65 Å². The van der Waals surface area contributed by atoms with Crippen LogP contribution in [-0.4, -0.2) is 49.8 Å². The molecule has 0 aliphatic carbocycles. The molecule has 3 aromatic rings. The van der Waals surface area contributed by atoms with Crippen LogP contribution < -0.4 is 5.32 Å². The first-order chi connectivity index (χ1) is 14.9. The van der Waals surface area contributed by atoms with Gasteiger partial charge in [-0.3, -0.25) is 4.90 Å². The molecule has 2 N–H and O–H groups in total. The van der Waals surface area contributed by atoms with Crippen LogP contribution in [0.15, 0.2) is 36.5 Å². The molecule has 1 saturated heterocycles. The Kier molecular flexibility index (Phi) is 6.35. The highest BCUT2D eigenvalue weighted by atomic mass is 35.5. The van der Waals surface area contributed by atoms with Crippen molar-refractivity contribution in [2.45, 2.75) is 52.2 Å². The summed E-state index contributed by atoms with van der Waals surface area (Å²) >= 11 is 6.14. The third-order valence-corrected chi connectivity index (χ3v) is 6.90. The fourth-order valence-electron chi connectivity index (χ4n) is 5.25. The van der Waals surface area contributed by atoms with Gasteiger partial charge in [-0.1, -0.05) is 30.7 Å². The largest absolute Gasteiger partial charge is 0.394 e. The second-order valence-corrected chi connectivity index (χ2v) is 9.41. The number of aryl methyl sites for hydroxylation is 2. The van der Waals surface area contributed by atoms with Crippen molar-refractivity contribution in [2.75, 3.05) is 19.7 Å². The SMILES string of the molecule is CCN1[C@H](c2ccc(Cl)cc2)[C@H](CNCc2cnn3c(C)cc(C)nc23)C[C@]1(C)CO. The lowest BCUT2D eigenvalue weighted by molar-refractivity contribution is 0.0579. The molecule has 0 amide bonds. The highest BCUT2D eigenvalue weighted by molar-refractivity contribution is 6.30. The molecular weight excluding hydrogens is 410 g/mol. The van der Waals surface area contributed by atoms with Crippen LogP contribution in [0.5, 0.6) is 0 Å². The number of likely N-dealkylation sites (tertiary alicyclic amines) is 1. The summed E-state index contributed by atoms with van der Waals surface area (Å²) in [5.41, 5.74) is 5.13. The minimum Gasteiger partial charge on any atom is -0.394 e. The number of aliphatic hydroxyl groups excluding tert-OH is 1. The van der Waals surface area contributed by atoms with Gasteiger partial charge in [0.25, 0.3) is 0 Å². The van der Waals surface area contributed by atoms with Gasteiger partial charge in [-0.15, -0.1) is 0 Å². The number of hydrogen-bond donors (Lipinski definition) is 2. The molecule has 31 heavy (non-hydrogen) atoms. The predicted molar refractivity (Wildman–Crippen MR) is 124 cm³/mol. The van der Waals surface area contributed by atoms with E-state index < -0.39 is 0 Å². The van der Waals surface area contributed by atoms with Crippen LogP contribution in [0.3, 0.4) is 0 Å². The maximum absolute atomic E-state index is 10.2. The zero-order valence-electron chi connectivity index (χ0n) is 18.8. The molecule has 1 fully saturated rings. The van der Waals surface area contributed by atoms with Crippen molar-refractivity contribution >= 4 is 17.2 Å². The van der Waals surface area contributed by atoms with Gasteiger partial charge in [-0.25, -0.2) is 9.50 Å². The summed E-state index contributed by atoms with van der Waals surface area (Å²) in [4.78, 5) is 7.12. The Morgan fingerprint density at radius 3 is 2.68 bits per heavy atom. The van der Waals surface area contributed by atoms with Gasteiger partial charge in [-0.2, -0.15) is 5.10 Å². The lowest BCUT2D eigenvalue weighted by Crippen LogP contribution is -2.45. The number of aliphatic hydroxyl groups is 1. The fraction of sp³-hybridized carbons (Fsp3) is 0.500. The summed E-state index contributed by atoms with van der Waals surface area (Å²) in [5, 5.41) is 19.1. The van der Waals surface area contributed by atoms with Crippen molar-refractivity contribution in [2.24, 2.45) is 5.92 Å². The van der Waals surface area contributed by atoms with Gasteiger partial charge in [0.1, 0.15) is 0 Å². The summed E-state index contributed by atoms with van der Waals surface area (Å²) in [6.07, 6.45) is 2.84. The molecule has 0 bridgehead atoms. The highest BCUT2D eigenvalue weighted by Gasteiger charge is 2.47. The molecule has 2 aromatic heterocycles. The Morgan fingerprint density at radius 2 is 2.00 bits per heavy atom. The molecular formula is C24H32ClN5O. The number of rotatable bonds is 7. The van der Waals surface area contributed by atoms with E-state index in [0.717, 1.165) is 47.1 Å². The smallest absolute Gasteiger partial charge is 0.159 e. The van der Waals surface area contributed by atoms with E-state index in [1.54, 1.807) is 0 Å². The number of nitrogens with one attached hydrogen (secondary N) is 1. The number of fused-ring (bicyclic) bond motifs is 1. The molecule has 0 radical (unpaired) electrons. The Labute approximate surface area is 189 Å². The average Bonchev–Trinajstić information content (AvgIpc) is 3.27. The van der Waals surface area contributed by atoms with Gasteiger partial charge in [-0.05, 0) is 63.4 Å². The van der Waals surface area contributed by atoms with E-state index in [4.69, 9.17) is 11.6 Å². The van der Waals surface area contributed by atoms with Crippen LogP contribution in [0, 0.1) is 19.8 Å². The Hall–Kier alpha value is -1.99. The van der Waals surface area contributed by atoms with Gasteiger partial charge in [0.05, 0.1) is 12.8 Å². The first-order valence-corrected chi connectivity index (χ1v) is 11.4. The van der Waals surface area contributed by atoms with Crippen LogP contribution in [0.2, 0.25) is 5.02 Å². The summed E-state index contributed by atoms with van der Waals surface area (Å²) in [7, 11) is 0. The fourth-order valence-corrected chi connectivity index (χ4v) is 5.37. The summed E-state index contributed by atoms with van der Waals surface area (Å²) in [5.74, 6) is 0.372. The summed E-state index contributed by atoms with van der Waals surface area (Å²) < 4.78 is 1.90. The first kappa shape index (κ1) is 22.2. The highest BCUT2D eigenvalue weighted by Crippen LogP contribution is 2.46. The minimum atomic E-state index is -0.231. The van der Waals surface area contributed by atoms with Gasteiger partial charge in [0, 0.05) is 46.6 Å². The molecule has 4 rings (SSSR count). The number of benzene rings is 1. The summed E-state index contributed by atoms with van der Waals surface area (Å²) in [6.45, 7) is 11.0. The monoisotopic (exact) mass is 441 g/mol. The normalized spacial score (nSPS) is 24.3. The van der Waals surface area contributed by atoms with E-state index in [9.17, 15) is 5.11 Å². The Morgan fingerprint density at radius 1 is 1.26 bits per heavy atom. The van der Waals surface area contributed by atoms with Gasteiger partial charge in [0.15, 0.2) is 5.65 Å². The topological polar surface area (TPSA) is 65.7 Å². The maximum atomic E-state index is 10.2. The third-order valence-electron chi connectivity index (χ3n) is 6.64. The maximum Gasteiger partial charge on any atom is 0.159 e. The van der Waals surface area contributed by atoms with Crippen LogP contribution in [-0.2, 0) is 6.54 Å². The van der Waals surface area contributed by atoms with Crippen molar-refractivity contribution in [1.29, 1.82) is 0 Å². The molecule has 1 aliphatic heterocycles. The lowest BCUT2D eigenvalue weighted by atomic mass is 9.90. The Balaban J connectivity index is 1.54. The second-order valence-electron chi connectivity index (χ2n) is 8.98. The summed E-state index contributed by atoms with van der Waals surface area (Å²) in [6, 6.07) is 10.4. The molecule has 7 heteroatoms. The number of aromatic nitrogens is 3. The van der Waals surface area contributed by atoms with Crippen LogP contribution in [0.4, 0.5) is 0 Å². The van der Waals surface area contributed by atoms with Crippen LogP contribution in [0.1, 0.15) is 48.8 Å². The molecule has 0 saturated carbocycles. The zero-order valence-corrected chi connectivity index (χ0v) is 19.5. The zero-order chi connectivity index (χ0) is 22.2. The number of halogens is 1. The van der Waals surface area contributed by atoms with Gasteiger partial charge < -0.3 is 10.4 Å². The molecule has 0 spiro atoms. The van der Waals surface area contributed by atoms with Crippen molar-refractivity contribution in [1.82, 2.24) is 24.8 Å². The molecule has 3 atom stereocenters. The van der Waals surface area contributed by atoms with Crippen molar-refractivity contribution < 1.29 is 5.11 Å². The van der Waals surface area contributed by atoms with E-state index in [2.05, 4.69) is 53.2 Å². The molecule has 6 nitrogen and oxygen atoms in total. The second kappa shape index (κ2) is 8.87. The third kappa shape index (κ3) is 4.22. The van der Waals surface area contributed by atoms with Gasteiger partial charge >= 0.3 is 0 Å². The average molecular weight is 442 g/mol. The van der Waals surface area contributed by atoms with Crippen molar-refractivity contribution in [3.63, 3.8) is 0 Å². The molecule has 1 aliphatic rings.